The fourth-order valence-electron chi connectivity index (χ4n) is 1.64. The van der Waals surface area contributed by atoms with E-state index in [2.05, 4.69) is 6.58 Å². The van der Waals surface area contributed by atoms with E-state index in [4.69, 9.17) is 4.74 Å². The molecular weight excluding hydrogens is 228 g/mol. The van der Waals surface area contributed by atoms with Gasteiger partial charge in [0, 0.05) is 0 Å². The van der Waals surface area contributed by atoms with Crippen LogP contribution in [-0.2, 0) is 16.0 Å². The maximum atomic E-state index is 11.3. The van der Waals surface area contributed by atoms with Gasteiger partial charge in [0.1, 0.15) is 0 Å². The predicted octanol–water partition coefficient (Wildman–Crippen LogP) is 3.06. The summed E-state index contributed by atoms with van der Waals surface area (Å²) in [6.45, 7) is 5.61. The summed E-state index contributed by atoms with van der Waals surface area (Å²) < 4.78 is 5.48. The average molecular weight is 248 g/mol. The highest BCUT2D eigenvalue weighted by Gasteiger charge is 2.33. The Morgan fingerprint density at radius 1 is 1.44 bits per heavy atom. The van der Waals surface area contributed by atoms with Crippen molar-refractivity contribution in [2.45, 2.75) is 31.8 Å². The van der Waals surface area contributed by atoms with Gasteiger partial charge in [-0.25, -0.2) is 4.79 Å². The van der Waals surface area contributed by atoms with Crippen LogP contribution < -0.4 is 0 Å². The van der Waals surface area contributed by atoms with Crippen molar-refractivity contribution in [3.8, 4) is 0 Å². The van der Waals surface area contributed by atoms with Crippen LogP contribution in [0.1, 0.15) is 25.3 Å². The summed E-state index contributed by atoms with van der Waals surface area (Å²) >= 11 is 0. The molecule has 1 N–H and O–H groups in total. The predicted molar refractivity (Wildman–Crippen MR) is 71.6 cm³/mol. The Bertz CT molecular complexity index is 386. The summed E-state index contributed by atoms with van der Waals surface area (Å²) in [4.78, 5) is 11.3. The van der Waals surface area contributed by atoms with Crippen molar-refractivity contribution >= 4 is 5.97 Å². The lowest BCUT2D eigenvalue weighted by Crippen LogP contribution is -2.39. The van der Waals surface area contributed by atoms with Crippen LogP contribution in [0.5, 0.6) is 0 Å². The molecule has 0 amide bonds. The minimum atomic E-state index is -1.13. The standard InChI is InChI=1S/C15H20O3/c1-3-4-12-18-15(2,14(16)17)11-10-13-8-6-5-7-9-13/h3,5-9H,1,4,10-12H2,2H3,(H,16,17). The molecule has 1 aromatic rings. The fraction of sp³-hybridized carbons (Fsp3) is 0.400. The second kappa shape index (κ2) is 6.97. The first kappa shape index (κ1) is 14.5. The molecule has 3 heteroatoms. The highest BCUT2D eigenvalue weighted by molar-refractivity contribution is 5.76. The first-order chi connectivity index (χ1) is 8.58. The van der Waals surface area contributed by atoms with Crippen LogP contribution >= 0.6 is 0 Å². The Labute approximate surface area is 108 Å². The molecule has 0 aliphatic heterocycles. The zero-order valence-electron chi connectivity index (χ0n) is 10.8. The molecule has 0 aromatic heterocycles. The number of aryl methyl sites for hydroxylation is 1. The van der Waals surface area contributed by atoms with Crippen molar-refractivity contribution in [1.82, 2.24) is 0 Å². The molecule has 0 aliphatic carbocycles. The van der Waals surface area contributed by atoms with Crippen LogP contribution in [0.4, 0.5) is 0 Å². The molecule has 1 rings (SSSR count). The Morgan fingerprint density at radius 3 is 2.67 bits per heavy atom. The van der Waals surface area contributed by atoms with Crippen LogP contribution in [0, 0.1) is 0 Å². The molecule has 1 aromatic carbocycles. The lowest BCUT2D eigenvalue weighted by atomic mass is 9.96. The molecule has 98 valence electrons. The van der Waals surface area contributed by atoms with Crippen LogP contribution in [0.15, 0.2) is 43.0 Å². The van der Waals surface area contributed by atoms with E-state index in [0.29, 0.717) is 25.9 Å². The van der Waals surface area contributed by atoms with Crippen molar-refractivity contribution in [3.05, 3.63) is 48.6 Å². The smallest absolute Gasteiger partial charge is 0.335 e. The Morgan fingerprint density at radius 2 is 2.11 bits per heavy atom. The van der Waals surface area contributed by atoms with Gasteiger partial charge in [-0.2, -0.15) is 0 Å². The molecule has 1 atom stereocenters. The van der Waals surface area contributed by atoms with E-state index < -0.39 is 11.6 Å². The summed E-state index contributed by atoms with van der Waals surface area (Å²) in [5.41, 5.74) is -0.00364. The quantitative estimate of drug-likeness (QED) is 0.568. The Balaban J connectivity index is 2.57. The Kier molecular flexibility index (Phi) is 5.59. The van der Waals surface area contributed by atoms with Crippen molar-refractivity contribution in [3.63, 3.8) is 0 Å². The number of carboxylic acids is 1. The summed E-state index contributed by atoms with van der Waals surface area (Å²) in [5.74, 6) is -0.914. The second-order valence-electron chi connectivity index (χ2n) is 4.45. The lowest BCUT2D eigenvalue weighted by Gasteiger charge is -2.25. The molecule has 0 aliphatic rings. The third kappa shape index (κ3) is 4.34. The summed E-state index contributed by atoms with van der Waals surface area (Å²) in [6.07, 6.45) is 3.54. The largest absolute Gasteiger partial charge is 0.479 e. The van der Waals surface area contributed by atoms with E-state index >= 15 is 0 Å². The highest BCUT2D eigenvalue weighted by Crippen LogP contribution is 2.19. The van der Waals surface area contributed by atoms with E-state index in [9.17, 15) is 9.90 Å². The van der Waals surface area contributed by atoms with Crippen molar-refractivity contribution < 1.29 is 14.6 Å². The van der Waals surface area contributed by atoms with Crippen molar-refractivity contribution in [1.29, 1.82) is 0 Å². The van der Waals surface area contributed by atoms with Gasteiger partial charge in [0.2, 0.25) is 0 Å². The number of hydrogen-bond acceptors (Lipinski definition) is 2. The van der Waals surface area contributed by atoms with E-state index in [1.165, 1.54) is 0 Å². The summed E-state index contributed by atoms with van der Waals surface area (Å²) in [5, 5.41) is 9.26. The van der Waals surface area contributed by atoms with Crippen LogP contribution in [-0.4, -0.2) is 23.3 Å². The summed E-state index contributed by atoms with van der Waals surface area (Å²) in [6, 6.07) is 9.83. The third-order valence-electron chi connectivity index (χ3n) is 2.93. The molecule has 0 fully saturated rings. The molecule has 0 heterocycles. The zero-order valence-corrected chi connectivity index (χ0v) is 10.8. The molecule has 3 nitrogen and oxygen atoms in total. The van der Waals surface area contributed by atoms with Crippen LogP contribution in [0.2, 0.25) is 0 Å². The molecular formula is C15H20O3. The van der Waals surface area contributed by atoms with Gasteiger partial charge in [0.25, 0.3) is 0 Å². The molecule has 18 heavy (non-hydrogen) atoms. The fourth-order valence-corrected chi connectivity index (χ4v) is 1.64. The van der Waals surface area contributed by atoms with E-state index in [0.717, 1.165) is 5.56 Å². The molecule has 0 saturated heterocycles. The molecule has 0 bridgehead atoms. The highest BCUT2D eigenvalue weighted by atomic mass is 16.5. The maximum Gasteiger partial charge on any atom is 0.335 e. The first-order valence-electron chi connectivity index (χ1n) is 6.10. The molecule has 0 spiro atoms. The third-order valence-corrected chi connectivity index (χ3v) is 2.93. The zero-order chi connectivity index (χ0) is 13.4. The number of ether oxygens (including phenoxy) is 1. The summed E-state index contributed by atoms with van der Waals surface area (Å²) in [7, 11) is 0. The number of rotatable bonds is 8. The van der Waals surface area contributed by atoms with Crippen molar-refractivity contribution in [2.24, 2.45) is 0 Å². The van der Waals surface area contributed by atoms with E-state index in [1.54, 1.807) is 13.0 Å². The second-order valence-corrected chi connectivity index (χ2v) is 4.45. The number of hydrogen-bond donors (Lipinski definition) is 1. The van der Waals surface area contributed by atoms with Gasteiger partial charge in [0.15, 0.2) is 5.60 Å². The van der Waals surface area contributed by atoms with Gasteiger partial charge < -0.3 is 9.84 Å². The van der Waals surface area contributed by atoms with Gasteiger partial charge in [-0.3, -0.25) is 0 Å². The lowest BCUT2D eigenvalue weighted by molar-refractivity contribution is -0.164. The van der Waals surface area contributed by atoms with Crippen LogP contribution in [0.3, 0.4) is 0 Å². The van der Waals surface area contributed by atoms with Gasteiger partial charge >= 0.3 is 5.97 Å². The SMILES string of the molecule is C=CCCOC(C)(CCc1ccccc1)C(=O)O. The normalized spacial score (nSPS) is 13.8. The molecule has 0 saturated carbocycles. The molecule has 0 radical (unpaired) electrons. The minimum Gasteiger partial charge on any atom is -0.479 e. The number of carboxylic acid groups (broad SMARTS) is 1. The van der Waals surface area contributed by atoms with Gasteiger partial charge in [-0.1, -0.05) is 36.4 Å². The number of carbonyl (C=O) groups is 1. The number of aliphatic carboxylic acids is 1. The maximum absolute atomic E-state index is 11.3. The first-order valence-corrected chi connectivity index (χ1v) is 6.10. The van der Waals surface area contributed by atoms with E-state index in [1.807, 2.05) is 30.3 Å². The van der Waals surface area contributed by atoms with Gasteiger partial charge in [0.05, 0.1) is 6.61 Å². The van der Waals surface area contributed by atoms with Gasteiger partial charge in [-0.15, -0.1) is 6.58 Å². The monoisotopic (exact) mass is 248 g/mol. The molecule has 1 unspecified atom stereocenters. The minimum absolute atomic E-state index is 0.390. The number of benzene rings is 1. The van der Waals surface area contributed by atoms with Crippen LogP contribution in [0.25, 0.3) is 0 Å². The average Bonchev–Trinajstić information content (AvgIpc) is 2.38. The Hall–Kier alpha value is -1.61. The topological polar surface area (TPSA) is 46.5 Å². The van der Waals surface area contributed by atoms with Crippen molar-refractivity contribution in [2.75, 3.05) is 6.61 Å². The van der Waals surface area contributed by atoms with Gasteiger partial charge in [-0.05, 0) is 31.7 Å². The van der Waals surface area contributed by atoms with E-state index in [-0.39, 0.29) is 0 Å².